The van der Waals surface area contributed by atoms with Gasteiger partial charge in [0.25, 0.3) is 0 Å². The smallest absolute Gasteiger partial charge is 0.139 e. The second kappa shape index (κ2) is 8.04. The Hall–Kier alpha value is -1.52. The summed E-state index contributed by atoms with van der Waals surface area (Å²) in [7, 11) is 0. The molecule has 0 saturated carbocycles. The van der Waals surface area contributed by atoms with E-state index in [1.807, 2.05) is 35.0 Å². The van der Waals surface area contributed by atoms with Crippen LogP contribution in [0.2, 0.25) is 15.1 Å². The quantitative estimate of drug-likeness (QED) is 0.504. The Morgan fingerprint density at radius 2 is 1.79 bits per heavy atom. The van der Waals surface area contributed by atoms with E-state index in [-0.39, 0.29) is 6.23 Å². The van der Waals surface area contributed by atoms with Gasteiger partial charge in [-0.1, -0.05) is 71.2 Å². The summed E-state index contributed by atoms with van der Waals surface area (Å²) in [6.07, 6.45) is 5.87. The van der Waals surface area contributed by atoms with Gasteiger partial charge in [0, 0.05) is 18.8 Å². The van der Waals surface area contributed by atoms with Crippen LogP contribution in [-0.4, -0.2) is 9.55 Å². The van der Waals surface area contributed by atoms with Crippen LogP contribution in [0.25, 0.3) is 0 Å². The van der Waals surface area contributed by atoms with E-state index < -0.39 is 0 Å². The van der Waals surface area contributed by atoms with Crippen LogP contribution in [0.15, 0.2) is 61.2 Å². The molecule has 6 heteroatoms. The van der Waals surface area contributed by atoms with Gasteiger partial charge < -0.3 is 9.30 Å². The molecule has 1 heterocycles. The fourth-order valence-electron chi connectivity index (χ4n) is 2.37. The first kappa shape index (κ1) is 17.3. The minimum absolute atomic E-state index is 0.194. The minimum atomic E-state index is -0.194. The number of rotatable bonds is 6. The molecule has 0 radical (unpaired) electrons. The number of hydrogen-bond donors (Lipinski definition) is 0. The average Bonchev–Trinajstić information content (AvgIpc) is 3.13. The molecule has 124 valence electrons. The summed E-state index contributed by atoms with van der Waals surface area (Å²) < 4.78 is 8.02. The first-order valence-corrected chi connectivity index (χ1v) is 8.54. The highest BCUT2D eigenvalue weighted by molar-refractivity contribution is 6.48. The van der Waals surface area contributed by atoms with Gasteiger partial charge in [0.2, 0.25) is 0 Å². The molecule has 0 spiro atoms. The zero-order valence-corrected chi connectivity index (χ0v) is 15.0. The minimum Gasteiger partial charge on any atom is -0.353 e. The summed E-state index contributed by atoms with van der Waals surface area (Å²) >= 11 is 18.3. The van der Waals surface area contributed by atoms with Crippen LogP contribution < -0.4 is 0 Å². The first-order valence-electron chi connectivity index (χ1n) is 7.40. The Bertz CT molecular complexity index is 792. The summed E-state index contributed by atoms with van der Waals surface area (Å²) in [5, 5.41) is 1.20. The molecule has 24 heavy (non-hydrogen) atoms. The molecule has 0 bridgehead atoms. The van der Waals surface area contributed by atoms with Gasteiger partial charge in [-0.3, -0.25) is 0 Å². The fraction of sp³-hybridized carbons (Fsp3) is 0.167. The van der Waals surface area contributed by atoms with Gasteiger partial charge in [-0.05, 0) is 17.2 Å². The van der Waals surface area contributed by atoms with Gasteiger partial charge in [-0.25, -0.2) is 4.98 Å². The van der Waals surface area contributed by atoms with Gasteiger partial charge in [-0.2, -0.15) is 0 Å². The Morgan fingerprint density at radius 3 is 2.50 bits per heavy atom. The molecule has 1 aromatic heterocycles. The molecular weight excluding hydrogens is 367 g/mol. The topological polar surface area (TPSA) is 27.1 Å². The lowest BCUT2D eigenvalue weighted by atomic mass is 10.1. The van der Waals surface area contributed by atoms with Crippen molar-refractivity contribution in [1.29, 1.82) is 0 Å². The predicted octanol–water partition coefficient (Wildman–Crippen LogP) is 5.80. The zero-order valence-electron chi connectivity index (χ0n) is 12.7. The first-order chi connectivity index (χ1) is 11.6. The second-order valence-electron chi connectivity index (χ2n) is 5.30. The monoisotopic (exact) mass is 380 g/mol. The number of benzene rings is 2. The van der Waals surface area contributed by atoms with Crippen molar-refractivity contribution in [3.05, 3.63) is 87.4 Å². The maximum atomic E-state index is 6.25. The number of hydrogen-bond acceptors (Lipinski definition) is 2. The average molecular weight is 382 g/mol. The predicted molar refractivity (Wildman–Crippen MR) is 97.7 cm³/mol. The van der Waals surface area contributed by atoms with Crippen LogP contribution >= 0.6 is 34.8 Å². The van der Waals surface area contributed by atoms with E-state index in [2.05, 4.69) is 17.1 Å². The van der Waals surface area contributed by atoms with E-state index in [0.717, 1.165) is 12.0 Å². The van der Waals surface area contributed by atoms with Crippen LogP contribution in [0.1, 0.15) is 17.4 Å². The van der Waals surface area contributed by atoms with Crippen LogP contribution in [0.4, 0.5) is 0 Å². The number of nitrogens with zero attached hydrogens (tertiary/aromatic N) is 2. The maximum Gasteiger partial charge on any atom is 0.139 e. The van der Waals surface area contributed by atoms with Crippen molar-refractivity contribution in [3.63, 3.8) is 0 Å². The lowest BCUT2D eigenvalue weighted by Gasteiger charge is -2.20. The van der Waals surface area contributed by atoms with Crippen molar-refractivity contribution in [2.75, 3.05) is 0 Å². The molecule has 0 N–H and O–H groups in total. The molecule has 0 saturated heterocycles. The second-order valence-corrected chi connectivity index (χ2v) is 6.46. The van der Waals surface area contributed by atoms with Crippen molar-refractivity contribution in [2.24, 2.45) is 0 Å². The molecule has 3 aromatic rings. The lowest BCUT2D eigenvalue weighted by Crippen LogP contribution is -2.14. The molecule has 1 unspecified atom stereocenters. The summed E-state index contributed by atoms with van der Waals surface area (Å²) in [6, 6.07) is 13.7. The molecule has 3 rings (SSSR count). The number of aromatic nitrogens is 2. The van der Waals surface area contributed by atoms with Crippen molar-refractivity contribution < 1.29 is 4.74 Å². The molecule has 0 fully saturated rings. The number of ether oxygens (including phenoxy) is 1. The SMILES string of the molecule is Clc1ccc(COC(Cc2ccccc2)n2ccnc2)c(Cl)c1Cl. The molecule has 0 aliphatic carbocycles. The fourth-order valence-corrected chi connectivity index (χ4v) is 2.98. The third-order valence-electron chi connectivity index (χ3n) is 3.66. The van der Waals surface area contributed by atoms with E-state index >= 15 is 0 Å². The summed E-state index contributed by atoms with van der Waals surface area (Å²) in [5.74, 6) is 0. The van der Waals surface area contributed by atoms with Gasteiger partial charge in [-0.15, -0.1) is 0 Å². The third kappa shape index (κ3) is 4.11. The highest BCUT2D eigenvalue weighted by Gasteiger charge is 2.15. The highest BCUT2D eigenvalue weighted by Crippen LogP contribution is 2.33. The molecule has 3 nitrogen and oxygen atoms in total. The molecule has 0 amide bonds. The number of imidazole rings is 1. The van der Waals surface area contributed by atoms with Crippen molar-refractivity contribution in [3.8, 4) is 0 Å². The standard InChI is InChI=1S/C18H15Cl3N2O/c19-15-7-6-14(17(20)18(15)21)11-24-16(23-9-8-22-12-23)10-13-4-2-1-3-5-13/h1-9,12,16H,10-11H2. The third-order valence-corrected chi connectivity index (χ3v) is 4.99. The van der Waals surface area contributed by atoms with Gasteiger partial charge in [0.05, 0.1) is 28.0 Å². The molecule has 2 aromatic carbocycles. The summed E-state index contributed by atoms with van der Waals surface area (Å²) in [4.78, 5) is 4.10. The Morgan fingerprint density at radius 1 is 1.00 bits per heavy atom. The Balaban J connectivity index is 1.77. The van der Waals surface area contributed by atoms with Crippen LogP contribution in [0.5, 0.6) is 0 Å². The van der Waals surface area contributed by atoms with E-state index in [1.54, 1.807) is 18.6 Å². The molecule has 1 atom stereocenters. The van der Waals surface area contributed by atoms with E-state index in [4.69, 9.17) is 39.5 Å². The van der Waals surface area contributed by atoms with E-state index in [0.29, 0.717) is 21.7 Å². The maximum absolute atomic E-state index is 6.25. The van der Waals surface area contributed by atoms with E-state index in [1.165, 1.54) is 5.56 Å². The van der Waals surface area contributed by atoms with E-state index in [9.17, 15) is 0 Å². The molecule has 0 aliphatic rings. The Labute approximate surface area is 155 Å². The van der Waals surface area contributed by atoms with Crippen molar-refractivity contribution >= 4 is 34.8 Å². The summed E-state index contributed by atoms with van der Waals surface area (Å²) in [5.41, 5.74) is 1.97. The largest absolute Gasteiger partial charge is 0.353 e. The van der Waals surface area contributed by atoms with Crippen LogP contribution in [-0.2, 0) is 17.8 Å². The normalized spacial score (nSPS) is 12.3. The molecular formula is C18H15Cl3N2O. The van der Waals surface area contributed by atoms with Crippen LogP contribution in [0.3, 0.4) is 0 Å². The van der Waals surface area contributed by atoms with Crippen molar-refractivity contribution in [1.82, 2.24) is 9.55 Å². The lowest BCUT2D eigenvalue weighted by molar-refractivity contribution is -0.00919. The van der Waals surface area contributed by atoms with Gasteiger partial charge in [0.15, 0.2) is 0 Å². The number of halogens is 3. The van der Waals surface area contributed by atoms with Crippen LogP contribution in [0, 0.1) is 0 Å². The summed E-state index contributed by atoms with van der Waals surface area (Å²) in [6.45, 7) is 0.325. The van der Waals surface area contributed by atoms with Gasteiger partial charge in [0.1, 0.15) is 6.23 Å². The Kier molecular flexibility index (Phi) is 5.80. The van der Waals surface area contributed by atoms with Crippen molar-refractivity contribution in [2.45, 2.75) is 19.3 Å². The highest BCUT2D eigenvalue weighted by atomic mass is 35.5. The van der Waals surface area contributed by atoms with Gasteiger partial charge >= 0.3 is 0 Å². The zero-order chi connectivity index (χ0) is 16.9. The molecule has 0 aliphatic heterocycles.